The van der Waals surface area contributed by atoms with Crippen LogP contribution in [-0.4, -0.2) is 51.9 Å². The molecule has 1 fully saturated rings. The van der Waals surface area contributed by atoms with Gasteiger partial charge in [-0.25, -0.2) is 0 Å². The maximum Gasteiger partial charge on any atom is 0.253 e. The third kappa shape index (κ3) is 3.58. The topological polar surface area (TPSA) is 107 Å². The summed E-state index contributed by atoms with van der Waals surface area (Å²) >= 11 is 0. The number of phenolic OH excluding ortho intramolecular Hbond substituents is 1. The van der Waals surface area contributed by atoms with E-state index in [0.717, 1.165) is 11.1 Å². The molecule has 0 spiro atoms. The first-order valence-electron chi connectivity index (χ1n) is 7.57. The number of hydrogen-bond acceptors (Lipinski definition) is 5. The third-order valence-electron chi connectivity index (χ3n) is 4.36. The summed E-state index contributed by atoms with van der Waals surface area (Å²) in [6, 6.07) is 5.19. The molecule has 1 amide bonds. The zero-order valence-electron chi connectivity index (χ0n) is 12.8. The highest BCUT2D eigenvalue weighted by Crippen LogP contribution is 2.33. The normalized spacial score (nSPS) is 19.0. The van der Waals surface area contributed by atoms with Gasteiger partial charge in [0.05, 0.1) is 6.61 Å². The van der Waals surface area contributed by atoms with Gasteiger partial charge in [0.2, 0.25) is 0 Å². The second-order valence-electron chi connectivity index (χ2n) is 5.95. The molecule has 0 aliphatic carbocycles. The van der Waals surface area contributed by atoms with Crippen molar-refractivity contribution in [2.24, 2.45) is 11.7 Å². The molecule has 5 N–H and O–H groups in total. The number of nitrogens with zero attached hydrogens (tertiary/aromatic N) is 1. The number of benzene rings is 1. The van der Waals surface area contributed by atoms with Crippen LogP contribution in [0.25, 0.3) is 0 Å². The number of nitrogens with two attached hydrogens (primary N) is 1. The fraction of sp³-hybridized carbons (Fsp3) is 0.562. The molecule has 0 bridgehead atoms. The van der Waals surface area contributed by atoms with Crippen molar-refractivity contribution >= 4 is 5.91 Å². The maximum absolute atomic E-state index is 11.8. The number of rotatable bonds is 4. The van der Waals surface area contributed by atoms with Crippen LogP contribution < -0.4 is 5.73 Å². The van der Waals surface area contributed by atoms with E-state index in [1.165, 1.54) is 0 Å². The predicted octanol–water partition coefficient (Wildman–Crippen LogP) is 0.292. The monoisotopic (exact) mass is 308 g/mol. The summed E-state index contributed by atoms with van der Waals surface area (Å²) in [5.74, 6) is -0.0571. The summed E-state index contributed by atoms with van der Waals surface area (Å²) in [5, 5.41) is 28.3. The highest BCUT2D eigenvalue weighted by atomic mass is 16.3. The summed E-state index contributed by atoms with van der Waals surface area (Å²) in [4.78, 5) is 13.4. The van der Waals surface area contributed by atoms with E-state index in [4.69, 9.17) is 10.8 Å². The Kier molecular flexibility index (Phi) is 5.39. The van der Waals surface area contributed by atoms with Crippen molar-refractivity contribution in [3.63, 3.8) is 0 Å². The van der Waals surface area contributed by atoms with Crippen molar-refractivity contribution in [3.8, 4) is 5.75 Å². The SMILES string of the molecule is Cc1ccc([C@H](N)C2CCN(C(=O)[C@H](O)CO)CC2)c(O)c1. The predicted molar refractivity (Wildman–Crippen MR) is 82.2 cm³/mol. The number of likely N-dealkylation sites (tertiary alicyclic amines) is 1. The molecule has 0 radical (unpaired) electrons. The molecule has 1 aliphatic rings. The van der Waals surface area contributed by atoms with Gasteiger partial charge in [-0.3, -0.25) is 4.79 Å². The van der Waals surface area contributed by atoms with E-state index in [2.05, 4.69) is 0 Å². The molecule has 1 aliphatic heterocycles. The number of phenols is 1. The van der Waals surface area contributed by atoms with E-state index >= 15 is 0 Å². The summed E-state index contributed by atoms with van der Waals surface area (Å²) in [6.07, 6.45) is 0.0721. The molecule has 1 aromatic rings. The van der Waals surface area contributed by atoms with Crippen LogP contribution in [-0.2, 0) is 4.79 Å². The van der Waals surface area contributed by atoms with Crippen LogP contribution in [0.1, 0.15) is 30.0 Å². The van der Waals surface area contributed by atoms with Gasteiger partial charge in [0.1, 0.15) is 5.75 Å². The highest BCUT2D eigenvalue weighted by molar-refractivity contribution is 5.80. The molecule has 2 rings (SSSR count). The van der Waals surface area contributed by atoms with Gasteiger partial charge in [-0.2, -0.15) is 0 Å². The van der Waals surface area contributed by atoms with Crippen molar-refractivity contribution in [2.75, 3.05) is 19.7 Å². The van der Waals surface area contributed by atoms with E-state index < -0.39 is 18.6 Å². The Morgan fingerprint density at radius 3 is 2.59 bits per heavy atom. The average Bonchev–Trinajstić information content (AvgIpc) is 2.53. The van der Waals surface area contributed by atoms with Crippen molar-refractivity contribution in [1.82, 2.24) is 4.90 Å². The van der Waals surface area contributed by atoms with Crippen LogP contribution in [0, 0.1) is 12.8 Å². The number of amides is 1. The Morgan fingerprint density at radius 2 is 2.05 bits per heavy atom. The standard InChI is InChI=1S/C16H24N2O4/c1-10-2-3-12(13(20)8-10)15(17)11-4-6-18(7-5-11)16(22)14(21)9-19/h2-3,8,11,14-15,19-21H,4-7,9,17H2,1H3/t14-,15-/m1/s1. The summed E-state index contributed by atoms with van der Waals surface area (Å²) in [6.45, 7) is 2.35. The first-order valence-corrected chi connectivity index (χ1v) is 7.57. The largest absolute Gasteiger partial charge is 0.508 e. The Bertz CT molecular complexity index is 527. The summed E-state index contributed by atoms with van der Waals surface area (Å²) < 4.78 is 0. The minimum atomic E-state index is -1.34. The van der Waals surface area contributed by atoms with Crippen molar-refractivity contribution in [2.45, 2.75) is 31.9 Å². The summed E-state index contributed by atoms with van der Waals surface area (Å²) in [7, 11) is 0. The van der Waals surface area contributed by atoms with Gasteiger partial charge in [0.15, 0.2) is 6.10 Å². The Balaban J connectivity index is 1.97. The van der Waals surface area contributed by atoms with Crippen LogP contribution in [0.4, 0.5) is 0 Å². The van der Waals surface area contributed by atoms with Gasteiger partial charge in [0, 0.05) is 24.7 Å². The highest BCUT2D eigenvalue weighted by Gasteiger charge is 2.30. The zero-order valence-corrected chi connectivity index (χ0v) is 12.8. The fourth-order valence-corrected chi connectivity index (χ4v) is 2.96. The number of aliphatic hydroxyl groups excluding tert-OH is 2. The molecule has 1 aromatic carbocycles. The molecule has 6 heteroatoms. The van der Waals surface area contributed by atoms with Gasteiger partial charge in [-0.05, 0) is 37.3 Å². The van der Waals surface area contributed by atoms with Crippen LogP contribution in [0.15, 0.2) is 18.2 Å². The molecule has 122 valence electrons. The van der Waals surface area contributed by atoms with Crippen LogP contribution in [0.5, 0.6) is 5.75 Å². The Hall–Kier alpha value is -1.63. The third-order valence-corrected chi connectivity index (χ3v) is 4.36. The van der Waals surface area contributed by atoms with Crippen molar-refractivity contribution in [1.29, 1.82) is 0 Å². The minimum absolute atomic E-state index is 0.170. The minimum Gasteiger partial charge on any atom is -0.508 e. The number of aromatic hydroxyl groups is 1. The molecule has 0 unspecified atom stereocenters. The first kappa shape index (κ1) is 16.7. The van der Waals surface area contributed by atoms with E-state index in [9.17, 15) is 15.0 Å². The Morgan fingerprint density at radius 1 is 1.41 bits per heavy atom. The molecular formula is C16H24N2O4. The molecule has 1 saturated heterocycles. The molecule has 6 nitrogen and oxygen atoms in total. The Labute approximate surface area is 130 Å². The molecule has 0 saturated carbocycles. The first-order chi connectivity index (χ1) is 10.4. The van der Waals surface area contributed by atoms with Gasteiger partial charge in [0.25, 0.3) is 5.91 Å². The number of carbonyl (C=O) groups is 1. The lowest BCUT2D eigenvalue weighted by atomic mass is 9.85. The van der Waals surface area contributed by atoms with E-state index in [-0.39, 0.29) is 17.7 Å². The fourth-order valence-electron chi connectivity index (χ4n) is 2.96. The van der Waals surface area contributed by atoms with Gasteiger partial charge < -0.3 is 26.0 Å². The average molecular weight is 308 g/mol. The quantitative estimate of drug-likeness (QED) is 0.640. The number of aryl methyl sites for hydroxylation is 1. The number of aliphatic hydroxyl groups is 2. The van der Waals surface area contributed by atoms with Crippen LogP contribution in [0.3, 0.4) is 0 Å². The maximum atomic E-state index is 11.8. The zero-order chi connectivity index (χ0) is 16.3. The van der Waals surface area contributed by atoms with E-state index in [0.29, 0.717) is 25.9 Å². The number of piperidine rings is 1. The van der Waals surface area contributed by atoms with Crippen molar-refractivity contribution in [3.05, 3.63) is 29.3 Å². The lowest BCUT2D eigenvalue weighted by molar-refractivity contribution is -0.143. The van der Waals surface area contributed by atoms with Crippen molar-refractivity contribution < 1.29 is 20.1 Å². The smallest absolute Gasteiger partial charge is 0.253 e. The van der Waals surface area contributed by atoms with Crippen LogP contribution >= 0.6 is 0 Å². The second kappa shape index (κ2) is 7.09. The lowest BCUT2D eigenvalue weighted by Gasteiger charge is -2.35. The molecule has 1 heterocycles. The molecule has 0 aromatic heterocycles. The van der Waals surface area contributed by atoms with Gasteiger partial charge in [-0.15, -0.1) is 0 Å². The van der Waals surface area contributed by atoms with Gasteiger partial charge >= 0.3 is 0 Å². The van der Waals surface area contributed by atoms with Gasteiger partial charge in [-0.1, -0.05) is 12.1 Å². The number of hydrogen-bond donors (Lipinski definition) is 4. The summed E-state index contributed by atoms with van der Waals surface area (Å²) in [5.41, 5.74) is 7.98. The second-order valence-corrected chi connectivity index (χ2v) is 5.95. The van der Waals surface area contributed by atoms with Crippen LogP contribution in [0.2, 0.25) is 0 Å². The van der Waals surface area contributed by atoms with E-state index in [1.807, 2.05) is 19.1 Å². The number of carbonyl (C=O) groups excluding carboxylic acids is 1. The molecule has 2 atom stereocenters. The molecular weight excluding hydrogens is 284 g/mol. The lowest BCUT2D eigenvalue weighted by Crippen LogP contribution is -2.46. The molecule has 22 heavy (non-hydrogen) atoms. The van der Waals surface area contributed by atoms with E-state index in [1.54, 1.807) is 11.0 Å².